The van der Waals surface area contributed by atoms with E-state index in [1.807, 2.05) is 0 Å². The Hall–Kier alpha value is -0.590. The molecule has 0 aliphatic rings. The third-order valence-corrected chi connectivity index (χ3v) is 4.51. The topological polar surface area (TPSA) is 63.4 Å². The maximum absolute atomic E-state index is 11.7. The van der Waals surface area contributed by atoms with Crippen LogP contribution in [0.15, 0.2) is 27.6 Å². The van der Waals surface area contributed by atoms with E-state index in [-0.39, 0.29) is 4.90 Å². The number of nitrogens with two attached hydrogens (primary N) is 1. The zero-order valence-corrected chi connectivity index (χ0v) is 10.3. The highest BCUT2D eigenvalue weighted by Crippen LogP contribution is 2.25. The molecule has 0 unspecified atom stereocenters. The molecular formula is C8H11BrN2O2S. The summed E-state index contributed by atoms with van der Waals surface area (Å²) in [6, 6.07) is 4.60. The van der Waals surface area contributed by atoms with Crippen LogP contribution in [0, 0.1) is 0 Å². The van der Waals surface area contributed by atoms with Crippen LogP contribution in [0.4, 0.5) is 5.69 Å². The van der Waals surface area contributed by atoms with E-state index >= 15 is 0 Å². The number of nitrogen functional groups attached to an aromatic ring is 1. The van der Waals surface area contributed by atoms with Crippen LogP contribution >= 0.6 is 15.9 Å². The molecule has 1 rings (SSSR count). The highest BCUT2D eigenvalue weighted by atomic mass is 79.9. The SMILES string of the molecule is CN(C)S(=O)(=O)c1ccc(N)cc1Br. The molecule has 1 aromatic carbocycles. The average molecular weight is 279 g/mol. The Morgan fingerprint density at radius 1 is 1.36 bits per heavy atom. The molecule has 4 nitrogen and oxygen atoms in total. The molecular weight excluding hydrogens is 268 g/mol. The van der Waals surface area contributed by atoms with Gasteiger partial charge in [-0.25, -0.2) is 12.7 Å². The lowest BCUT2D eigenvalue weighted by atomic mass is 10.3. The summed E-state index contributed by atoms with van der Waals surface area (Å²) < 4.78 is 25.1. The van der Waals surface area contributed by atoms with Gasteiger partial charge in [0.1, 0.15) is 0 Å². The van der Waals surface area contributed by atoms with Crippen molar-refractivity contribution in [2.24, 2.45) is 0 Å². The molecule has 6 heteroatoms. The van der Waals surface area contributed by atoms with Crippen molar-refractivity contribution < 1.29 is 8.42 Å². The first-order chi connectivity index (χ1) is 6.35. The molecule has 0 heterocycles. The summed E-state index contributed by atoms with van der Waals surface area (Å²) >= 11 is 3.17. The third-order valence-electron chi connectivity index (χ3n) is 1.71. The molecule has 0 radical (unpaired) electrons. The minimum Gasteiger partial charge on any atom is -0.399 e. The smallest absolute Gasteiger partial charge is 0.243 e. The van der Waals surface area contributed by atoms with Gasteiger partial charge in [0, 0.05) is 24.3 Å². The summed E-state index contributed by atoms with van der Waals surface area (Å²) in [5.74, 6) is 0. The molecule has 0 bridgehead atoms. The predicted octanol–water partition coefficient (Wildman–Crippen LogP) is 1.28. The second-order valence-corrected chi connectivity index (χ2v) is 5.95. The van der Waals surface area contributed by atoms with Gasteiger partial charge in [-0.3, -0.25) is 0 Å². The Balaban J connectivity index is 3.35. The number of nitrogens with zero attached hydrogens (tertiary/aromatic N) is 1. The minimum absolute atomic E-state index is 0.219. The molecule has 0 saturated carbocycles. The van der Waals surface area contributed by atoms with Crippen LogP contribution in [-0.2, 0) is 10.0 Å². The van der Waals surface area contributed by atoms with Gasteiger partial charge in [0.05, 0.1) is 4.90 Å². The summed E-state index contributed by atoms with van der Waals surface area (Å²) in [5, 5.41) is 0. The number of hydrogen-bond donors (Lipinski definition) is 1. The lowest BCUT2D eigenvalue weighted by Gasteiger charge is -2.12. The van der Waals surface area contributed by atoms with Crippen LogP contribution in [0.3, 0.4) is 0 Å². The molecule has 78 valence electrons. The van der Waals surface area contributed by atoms with Crippen LogP contribution in [0.1, 0.15) is 0 Å². The van der Waals surface area contributed by atoms with E-state index in [4.69, 9.17) is 5.73 Å². The Bertz CT molecular complexity index is 443. The molecule has 0 aliphatic heterocycles. The first-order valence-electron chi connectivity index (χ1n) is 3.83. The van der Waals surface area contributed by atoms with Crippen molar-refractivity contribution in [3.63, 3.8) is 0 Å². The third kappa shape index (κ3) is 2.08. The summed E-state index contributed by atoms with van der Waals surface area (Å²) in [5.41, 5.74) is 6.03. The largest absolute Gasteiger partial charge is 0.399 e. The van der Waals surface area contributed by atoms with E-state index in [9.17, 15) is 8.42 Å². The second-order valence-electron chi connectivity index (χ2n) is 2.98. The fourth-order valence-electron chi connectivity index (χ4n) is 0.923. The summed E-state index contributed by atoms with van der Waals surface area (Å²) in [6.45, 7) is 0. The first kappa shape index (κ1) is 11.5. The highest BCUT2D eigenvalue weighted by Gasteiger charge is 2.19. The monoisotopic (exact) mass is 278 g/mol. The van der Waals surface area contributed by atoms with Crippen LogP contribution < -0.4 is 5.73 Å². The summed E-state index contributed by atoms with van der Waals surface area (Å²) in [7, 11) is -0.425. The van der Waals surface area contributed by atoms with Crippen LogP contribution in [0.5, 0.6) is 0 Å². The standard InChI is InChI=1S/C8H11BrN2O2S/c1-11(2)14(12,13)8-4-3-6(10)5-7(8)9/h3-5H,10H2,1-2H3. The Morgan fingerprint density at radius 2 is 1.93 bits per heavy atom. The molecule has 2 N–H and O–H groups in total. The van der Waals surface area contributed by atoms with E-state index in [1.165, 1.54) is 20.2 Å². The maximum atomic E-state index is 11.7. The molecule has 0 spiro atoms. The number of anilines is 1. The van der Waals surface area contributed by atoms with Gasteiger partial charge in [0.2, 0.25) is 10.0 Å². The quantitative estimate of drug-likeness (QED) is 0.829. The average Bonchev–Trinajstić information content (AvgIpc) is 2.02. The Labute approximate surface area is 91.9 Å². The van der Waals surface area contributed by atoms with Gasteiger partial charge in [-0.2, -0.15) is 0 Å². The fraction of sp³-hybridized carbons (Fsp3) is 0.250. The lowest BCUT2D eigenvalue weighted by Crippen LogP contribution is -2.22. The number of benzene rings is 1. The van der Waals surface area contributed by atoms with Gasteiger partial charge in [0.25, 0.3) is 0 Å². The molecule has 1 aromatic rings. The van der Waals surface area contributed by atoms with E-state index < -0.39 is 10.0 Å². The van der Waals surface area contributed by atoms with Crippen molar-refractivity contribution in [3.8, 4) is 0 Å². The van der Waals surface area contributed by atoms with E-state index in [0.29, 0.717) is 10.2 Å². The summed E-state index contributed by atoms with van der Waals surface area (Å²) in [4.78, 5) is 0.219. The van der Waals surface area contributed by atoms with Gasteiger partial charge in [-0.1, -0.05) is 0 Å². The zero-order chi connectivity index (χ0) is 10.9. The molecule has 0 amide bonds. The number of hydrogen-bond acceptors (Lipinski definition) is 3. The van der Waals surface area contributed by atoms with Crippen molar-refractivity contribution in [1.29, 1.82) is 0 Å². The van der Waals surface area contributed by atoms with Gasteiger partial charge in [0.15, 0.2) is 0 Å². The Kier molecular flexibility index (Phi) is 3.18. The molecule has 0 atom stereocenters. The van der Waals surface area contributed by atoms with Crippen molar-refractivity contribution in [3.05, 3.63) is 22.7 Å². The zero-order valence-electron chi connectivity index (χ0n) is 7.86. The highest BCUT2D eigenvalue weighted by molar-refractivity contribution is 9.10. The normalized spacial score (nSPS) is 12.0. The first-order valence-corrected chi connectivity index (χ1v) is 6.06. The van der Waals surface area contributed by atoms with Gasteiger partial charge < -0.3 is 5.73 Å². The van der Waals surface area contributed by atoms with Crippen LogP contribution in [0.25, 0.3) is 0 Å². The summed E-state index contributed by atoms with van der Waals surface area (Å²) in [6.07, 6.45) is 0. The predicted molar refractivity (Wildman–Crippen MR) is 59.4 cm³/mol. The maximum Gasteiger partial charge on any atom is 0.243 e. The van der Waals surface area contributed by atoms with Crippen LogP contribution in [-0.4, -0.2) is 26.8 Å². The molecule has 0 fully saturated rings. The van der Waals surface area contributed by atoms with E-state index in [0.717, 1.165) is 4.31 Å². The van der Waals surface area contributed by atoms with Crippen molar-refractivity contribution in [2.45, 2.75) is 4.90 Å². The fourth-order valence-corrected chi connectivity index (χ4v) is 2.87. The molecule has 0 saturated heterocycles. The number of halogens is 1. The molecule has 0 aliphatic carbocycles. The van der Waals surface area contributed by atoms with Gasteiger partial charge in [-0.15, -0.1) is 0 Å². The number of sulfonamides is 1. The number of rotatable bonds is 2. The minimum atomic E-state index is -3.39. The molecule has 0 aromatic heterocycles. The Morgan fingerprint density at radius 3 is 2.36 bits per heavy atom. The van der Waals surface area contributed by atoms with E-state index in [2.05, 4.69) is 15.9 Å². The van der Waals surface area contributed by atoms with Gasteiger partial charge in [-0.05, 0) is 34.1 Å². The van der Waals surface area contributed by atoms with Crippen molar-refractivity contribution in [2.75, 3.05) is 19.8 Å². The van der Waals surface area contributed by atoms with Crippen molar-refractivity contribution >= 4 is 31.6 Å². The second kappa shape index (κ2) is 3.88. The molecule has 14 heavy (non-hydrogen) atoms. The van der Waals surface area contributed by atoms with Crippen LogP contribution in [0.2, 0.25) is 0 Å². The van der Waals surface area contributed by atoms with Gasteiger partial charge >= 0.3 is 0 Å². The lowest BCUT2D eigenvalue weighted by molar-refractivity contribution is 0.520. The van der Waals surface area contributed by atoms with E-state index in [1.54, 1.807) is 12.1 Å². The van der Waals surface area contributed by atoms with Crippen molar-refractivity contribution in [1.82, 2.24) is 4.31 Å².